The molecule has 0 fully saturated rings. The van der Waals surface area contributed by atoms with E-state index in [1.54, 1.807) is 0 Å². The molecule has 0 spiro atoms. The van der Waals surface area contributed by atoms with Crippen LogP contribution >= 0.6 is 15.9 Å². The third-order valence-electron chi connectivity index (χ3n) is 1.33. The quantitative estimate of drug-likeness (QED) is 0.621. The van der Waals surface area contributed by atoms with E-state index in [4.69, 9.17) is 6.42 Å². The zero-order chi connectivity index (χ0) is 8.10. The molecular weight excluding hydrogens is 200 g/mol. The molecule has 0 aliphatic heterocycles. The van der Waals surface area contributed by atoms with E-state index >= 15 is 0 Å². The average molecular weight is 207 g/mol. The smallest absolute Gasteiger partial charge is 0.0243 e. The second-order valence-electron chi connectivity index (χ2n) is 2.06. The van der Waals surface area contributed by atoms with Gasteiger partial charge in [0.25, 0.3) is 0 Å². The lowest BCUT2D eigenvalue weighted by atomic mass is 10.1. The van der Waals surface area contributed by atoms with Crippen molar-refractivity contribution in [1.82, 2.24) is 0 Å². The Morgan fingerprint density at radius 2 is 1.91 bits per heavy atom. The van der Waals surface area contributed by atoms with Crippen LogP contribution in [0.3, 0.4) is 0 Å². The Morgan fingerprint density at radius 1 is 1.27 bits per heavy atom. The van der Waals surface area contributed by atoms with E-state index in [1.807, 2.05) is 35.3 Å². The Hall–Kier alpha value is -1.00. The van der Waals surface area contributed by atoms with Crippen molar-refractivity contribution in [2.75, 3.05) is 0 Å². The van der Waals surface area contributed by atoms with Crippen molar-refractivity contribution in [2.24, 2.45) is 0 Å². The largest absolute Gasteiger partial charge is 0.115 e. The molecule has 0 aliphatic rings. The lowest BCUT2D eigenvalue weighted by Gasteiger charge is -1.91. The van der Waals surface area contributed by atoms with Crippen LogP contribution in [0.4, 0.5) is 0 Å². The molecule has 0 saturated carbocycles. The SMILES string of the molecule is C#Cc1ccc(/C=C/Br)cc1. The third kappa shape index (κ3) is 2.25. The Morgan fingerprint density at radius 3 is 2.36 bits per heavy atom. The van der Waals surface area contributed by atoms with Gasteiger partial charge >= 0.3 is 0 Å². The fraction of sp³-hybridized carbons (Fsp3) is 0. The van der Waals surface area contributed by atoms with Gasteiger partial charge in [0.2, 0.25) is 0 Å². The lowest BCUT2D eigenvalue weighted by molar-refractivity contribution is 1.62. The Bertz CT molecular complexity index is 288. The van der Waals surface area contributed by atoms with E-state index < -0.39 is 0 Å². The van der Waals surface area contributed by atoms with Gasteiger partial charge in [-0.1, -0.05) is 34.0 Å². The summed E-state index contributed by atoms with van der Waals surface area (Å²) in [6, 6.07) is 7.80. The highest BCUT2D eigenvalue weighted by Crippen LogP contribution is 2.05. The summed E-state index contributed by atoms with van der Waals surface area (Å²) in [4.78, 5) is 1.82. The van der Waals surface area contributed by atoms with Gasteiger partial charge in [-0.15, -0.1) is 6.42 Å². The Kier molecular flexibility index (Phi) is 2.95. The van der Waals surface area contributed by atoms with Crippen LogP contribution in [-0.2, 0) is 0 Å². The summed E-state index contributed by atoms with van der Waals surface area (Å²) in [5.41, 5.74) is 2.05. The molecule has 1 aromatic carbocycles. The standard InChI is InChI=1S/C10H7Br/c1-2-9-3-5-10(6-4-9)7-8-11/h1,3-8H/b8-7+. The van der Waals surface area contributed by atoms with Crippen molar-refractivity contribution in [3.63, 3.8) is 0 Å². The van der Waals surface area contributed by atoms with Gasteiger partial charge in [-0.05, 0) is 28.8 Å². The molecule has 0 atom stereocenters. The highest BCUT2D eigenvalue weighted by atomic mass is 79.9. The van der Waals surface area contributed by atoms with Crippen molar-refractivity contribution in [3.05, 3.63) is 40.4 Å². The number of terminal acetylenes is 1. The second-order valence-corrected chi connectivity index (χ2v) is 2.59. The van der Waals surface area contributed by atoms with Gasteiger partial charge in [0.05, 0.1) is 0 Å². The van der Waals surface area contributed by atoms with Gasteiger partial charge in [-0.3, -0.25) is 0 Å². The Balaban J connectivity index is 2.94. The summed E-state index contributed by atoms with van der Waals surface area (Å²) in [7, 11) is 0. The molecule has 0 bridgehead atoms. The van der Waals surface area contributed by atoms with Crippen LogP contribution in [0.25, 0.3) is 6.08 Å². The Labute approximate surface area is 75.1 Å². The summed E-state index contributed by atoms with van der Waals surface area (Å²) >= 11 is 3.20. The molecular formula is C10H7Br. The van der Waals surface area contributed by atoms with Crippen molar-refractivity contribution in [2.45, 2.75) is 0 Å². The minimum Gasteiger partial charge on any atom is -0.115 e. The van der Waals surface area contributed by atoms with E-state index in [1.165, 1.54) is 0 Å². The summed E-state index contributed by atoms with van der Waals surface area (Å²) in [5, 5.41) is 0. The van der Waals surface area contributed by atoms with Crippen LogP contribution in [0.15, 0.2) is 29.3 Å². The van der Waals surface area contributed by atoms with Gasteiger partial charge in [0, 0.05) is 5.56 Å². The summed E-state index contributed by atoms with van der Waals surface area (Å²) in [5.74, 6) is 2.56. The fourth-order valence-corrected chi connectivity index (χ4v) is 1.07. The maximum atomic E-state index is 5.20. The topological polar surface area (TPSA) is 0 Å². The van der Waals surface area contributed by atoms with Gasteiger partial charge in [-0.2, -0.15) is 0 Å². The first-order chi connectivity index (χ1) is 5.36. The first kappa shape index (κ1) is 8.10. The van der Waals surface area contributed by atoms with Gasteiger partial charge in [0.15, 0.2) is 0 Å². The van der Waals surface area contributed by atoms with Crippen molar-refractivity contribution in [3.8, 4) is 12.3 Å². The van der Waals surface area contributed by atoms with E-state index in [2.05, 4.69) is 21.9 Å². The molecule has 0 heterocycles. The molecule has 54 valence electrons. The van der Waals surface area contributed by atoms with E-state index in [9.17, 15) is 0 Å². The van der Waals surface area contributed by atoms with E-state index in [0.717, 1.165) is 11.1 Å². The number of rotatable bonds is 1. The molecule has 1 aromatic rings. The predicted octanol–water partition coefficient (Wildman–Crippen LogP) is 3.03. The first-order valence-corrected chi connectivity index (χ1v) is 4.12. The molecule has 0 radical (unpaired) electrons. The van der Waals surface area contributed by atoms with Crippen LogP contribution in [0.1, 0.15) is 11.1 Å². The fourth-order valence-electron chi connectivity index (χ4n) is 0.763. The molecule has 0 amide bonds. The van der Waals surface area contributed by atoms with Gasteiger partial charge in [-0.25, -0.2) is 0 Å². The van der Waals surface area contributed by atoms with Crippen LogP contribution < -0.4 is 0 Å². The maximum Gasteiger partial charge on any atom is 0.0243 e. The number of halogens is 1. The van der Waals surface area contributed by atoms with Crippen molar-refractivity contribution < 1.29 is 0 Å². The molecule has 0 aromatic heterocycles. The molecule has 11 heavy (non-hydrogen) atoms. The normalized spacial score (nSPS) is 9.82. The monoisotopic (exact) mass is 206 g/mol. The summed E-state index contributed by atoms with van der Waals surface area (Å²) in [6.45, 7) is 0. The number of hydrogen-bond acceptors (Lipinski definition) is 0. The number of hydrogen-bond donors (Lipinski definition) is 0. The third-order valence-corrected chi connectivity index (χ3v) is 1.60. The van der Waals surface area contributed by atoms with Crippen molar-refractivity contribution >= 4 is 22.0 Å². The van der Waals surface area contributed by atoms with E-state index in [-0.39, 0.29) is 0 Å². The maximum absolute atomic E-state index is 5.20. The lowest BCUT2D eigenvalue weighted by Crippen LogP contribution is -1.73. The highest BCUT2D eigenvalue weighted by molar-refractivity contribution is 9.11. The number of benzene rings is 1. The van der Waals surface area contributed by atoms with Gasteiger partial charge in [0.1, 0.15) is 0 Å². The molecule has 1 heteroatoms. The zero-order valence-electron chi connectivity index (χ0n) is 5.92. The van der Waals surface area contributed by atoms with Gasteiger partial charge < -0.3 is 0 Å². The predicted molar refractivity (Wildman–Crippen MR) is 52.3 cm³/mol. The molecule has 0 nitrogen and oxygen atoms in total. The minimum absolute atomic E-state index is 0.914. The molecule has 0 aliphatic carbocycles. The van der Waals surface area contributed by atoms with Crippen LogP contribution in [0.5, 0.6) is 0 Å². The second kappa shape index (κ2) is 4.00. The summed E-state index contributed by atoms with van der Waals surface area (Å²) in [6.07, 6.45) is 7.16. The van der Waals surface area contributed by atoms with Crippen molar-refractivity contribution in [1.29, 1.82) is 0 Å². The van der Waals surface area contributed by atoms with E-state index in [0.29, 0.717) is 0 Å². The molecule has 0 saturated heterocycles. The minimum atomic E-state index is 0.914. The molecule has 0 N–H and O–H groups in total. The van der Waals surface area contributed by atoms with Crippen LogP contribution in [0, 0.1) is 12.3 Å². The molecule has 0 unspecified atom stereocenters. The zero-order valence-corrected chi connectivity index (χ0v) is 7.51. The van der Waals surface area contributed by atoms with Crippen LogP contribution in [-0.4, -0.2) is 0 Å². The molecule has 1 rings (SSSR count). The first-order valence-electron chi connectivity index (χ1n) is 3.20. The highest BCUT2D eigenvalue weighted by Gasteiger charge is 1.85. The summed E-state index contributed by atoms with van der Waals surface area (Å²) < 4.78 is 0. The van der Waals surface area contributed by atoms with Crippen LogP contribution in [0.2, 0.25) is 0 Å². The average Bonchev–Trinajstić information content (AvgIpc) is 2.07.